The lowest BCUT2D eigenvalue weighted by atomic mass is 9.91. The van der Waals surface area contributed by atoms with Crippen LogP contribution in [0, 0.1) is 0 Å². The molecule has 0 radical (unpaired) electrons. The van der Waals surface area contributed by atoms with Crippen molar-refractivity contribution in [1.29, 1.82) is 0 Å². The number of rotatable bonds is 6. The summed E-state index contributed by atoms with van der Waals surface area (Å²) in [5, 5.41) is 11.6. The summed E-state index contributed by atoms with van der Waals surface area (Å²) in [5.41, 5.74) is 1.12. The molecule has 150 valence electrons. The zero-order valence-electron chi connectivity index (χ0n) is 16.3. The number of thiocarbonyl (C=S) groups is 1. The van der Waals surface area contributed by atoms with Crippen molar-refractivity contribution in [2.45, 2.75) is 44.3 Å². The number of aromatic nitrogens is 2. The SMILES string of the molecule is CN(C)c1ccnc(NC2CCC(NC(=S)NCc3cccc(Cl)c3)CC2)n1. The van der Waals surface area contributed by atoms with Gasteiger partial charge in [-0.25, -0.2) is 4.98 Å². The van der Waals surface area contributed by atoms with Gasteiger partial charge in [0.15, 0.2) is 5.11 Å². The number of benzene rings is 1. The second-order valence-corrected chi connectivity index (χ2v) is 8.13. The maximum Gasteiger partial charge on any atom is 0.224 e. The van der Waals surface area contributed by atoms with Gasteiger partial charge in [0.2, 0.25) is 5.95 Å². The van der Waals surface area contributed by atoms with E-state index in [2.05, 4.69) is 25.9 Å². The van der Waals surface area contributed by atoms with Gasteiger partial charge in [-0.15, -0.1) is 0 Å². The molecule has 0 spiro atoms. The Morgan fingerprint density at radius 2 is 1.93 bits per heavy atom. The largest absolute Gasteiger partial charge is 0.363 e. The highest BCUT2D eigenvalue weighted by Gasteiger charge is 2.22. The lowest BCUT2D eigenvalue weighted by Gasteiger charge is -2.30. The quantitative estimate of drug-likeness (QED) is 0.619. The average Bonchev–Trinajstić information content (AvgIpc) is 2.68. The molecule has 0 saturated heterocycles. The first-order chi connectivity index (χ1) is 13.5. The molecule has 1 aliphatic carbocycles. The molecule has 1 aromatic carbocycles. The molecule has 0 aliphatic heterocycles. The summed E-state index contributed by atoms with van der Waals surface area (Å²) >= 11 is 11.5. The van der Waals surface area contributed by atoms with Crippen LogP contribution in [0.5, 0.6) is 0 Å². The Hall–Kier alpha value is -2.12. The fraction of sp³-hybridized carbons (Fsp3) is 0.450. The van der Waals surface area contributed by atoms with E-state index in [0.29, 0.717) is 29.7 Å². The maximum atomic E-state index is 6.02. The Balaban J connectivity index is 1.40. The van der Waals surface area contributed by atoms with Crippen molar-refractivity contribution in [3.8, 4) is 0 Å². The Kier molecular flexibility index (Phi) is 7.28. The molecule has 0 atom stereocenters. The molecular weight excluding hydrogens is 392 g/mol. The summed E-state index contributed by atoms with van der Waals surface area (Å²) in [4.78, 5) is 10.9. The lowest BCUT2D eigenvalue weighted by molar-refractivity contribution is 0.385. The Labute approximate surface area is 177 Å². The van der Waals surface area contributed by atoms with Crippen LogP contribution in [0.15, 0.2) is 36.5 Å². The van der Waals surface area contributed by atoms with Gasteiger partial charge in [-0.2, -0.15) is 4.98 Å². The number of nitrogens with zero attached hydrogens (tertiary/aromatic N) is 3. The van der Waals surface area contributed by atoms with Crippen LogP contribution in [0.2, 0.25) is 5.02 Å². The van der Waals surface area contributed by atoms with Crippen molar-refractivity contribution >= 4 is 40.7 Å². The van der Waals surface area contributed by atoms with Crippen molar-refractivity contribution in [3.05, 3.63) is 47.1 Å². The fourth-order valence-corrected chi connectivity index (χ4v) is 3.75. The minimum Gasteiger partial charge on any atom is -0.363 e. The topological polar surface area (TPSA) is 65.1 Å². The highest BCUT2D eigenvalue weighted by atomic mass is 35.5. The first-order valence-electron chi connectivity index (χ1n) is 9.55. The van der Waals surface area contributed by atoms with Crippen LogP contribution in [0.3, 0.4) is 0 Å². The summed E-state index contributed by atoms with van der Waals surface area (Å²) < 4.78 is 0. The van der Waals surface area contributed by atoms with Crippen LogP contribution >= 0.6 is 23.8 Å². The third kappa shape index (κ3) is 6.21. The van der Waals surface area contributed by atoms with Gasteiger partial charge in [-0.3, -0.25) is 0 Å². The zero-order valence-corrected chi connectivity index (χ0v) is 17.9. The average molecular weight is 419 g/mol. The molecule has 1 saturated carbocycles. The normalized spacial score (nSPS) is 19.0. The van der Waals surface area contributed by atoms with Crippen molar-refractivity contribution in [2.75, 3.05) is 24.3 Å². The van der Waals surface area contributed by atoms with Gasteiger partial charge in [0.05, 0.1) is 0 Å². The molecule has 0 amide bonds. The second kappa shape index (κ2) is 9.89. The van der Waals surface area contributed by atoms with E-state index in [-0.39, 0.29) is 0 Å². The zero-order chi connectivity index (χ0) is 19.9. The predicted octanol–water partition coefficient (Wildman–Crippen LogP) is 3.58. The molecule has 0 bridgehead atoms. The fourth-order valence-electron chi connectivity index (χ4n) is 3.30. The van der Waals surface area contributed by atoms with Gasteiger partial charge in [0.1, 0.15) is 5.82 Å². The Bertz CT molecular complexity index is 792. The van der Waals surface area contributed by atoms with E-state index in [1.807, 2.05) is 49.3 Å². The van der Waals surface area contributed by atoms with Crippen LogP contribution in [-0.4, -0.2) is 41.3 Å². The summed E-state index contributed by atoms with van der Waals surface area (Å²) in [5.74, 6) is 1.60. The van der Waals surface area contributed by atoms with Gasteiger partial charge >= 0.3 is 0 Å². The number of hydrogen-bond donors (Lipinski definition) is 3. The van der Waals surface area contributed by atoms with E-state index < -0.39 is 0 Å². The van der Waals surface area contributed by atoms with E-state index in [9.17, 15) is 0 Å². The van der Waals surface area contributed by atoms with Gasteiger partial charge in [0.25, 0.3) is 0 Å². The van der Waals surface area contributed by atoms with Crippen molar-refractivity contribution in [1.82, 2.24) is 20.6 Å². The first-order valence-corrected chi connectivity index (χ1v) is 10.3. The van der Waals surface area contributed by atoms with Crippen LogP contribution in [0.1, 0.15) is 31.2 Å². The highest BCUT2D eigenvalue weighted by molar-refractivity contribution is 7.80. The second-order valence-electron chi connectivity index (χ2n) is 7.28. The third-order valence-electron chi connectivity index (χ3n) is 4.84. The summed E-state index contributed by atoms with van der Waals surface area (Å²) in [6.07, 6.45) is 6.03. The number of anilines is 2. The van der Waals surface area contributed by atoms with Crippen LogP contribution < -0.4 is 20.9 Å². The van der Waals surface area contributed by atoms with Crippen molar-refractivity contribution < 1.29 is 0 Å². The molecule has 3 rings (SSSR count). The minimum absolute atomic E-state index is 0.392. The van der Waals surface area contributed by atoms with Gasteiger partial charge < -0.3 is 20.9 Å². The number of halogens is 1. The molecule has 1 aliphatic rings. The molecule has 1 heterocycles. The molecule has 3 N–H and O–H groups in total. The Morgan fingerprint density at radius 1 is 1.18 bits per heavy atom. The molecule has 0 unspecified atom stereocenters. The monoisotopic (exact) mass is 418 g/mol. The van der Waals surface area contributed by atoms with E-state index in [0.717, 1.165) is 42.1 Å². The third-order valence-corrected chi connectivity index (χ3v) is 5.33. The van der Waals surface area contributed by atoms with Gasteiger partial charge in [0, 0.05) is 43.9 Å². The molecule has 2 aromatic rings. The summed E-state index contributed by atoms with van der Waals surface area (Å²) in [6, 6.07) is 10.5. The molecule has 6 nitrogen and oxygen atoms in total. The van der Waals surface area contributed by atoms with Crippen LogP contribution in [0.25, 0.3) is 0 Å². The van der Waals surface area contributed by atoms with Gasteiger partial charge in [-0.1, -0.05) is 23.7 Å². The molecule has 1 aromatic heterocycles. The number of hydrogen-bond acceptors (Lipinski definition) is 5. The summed E-state index contributed by atoms with van der Waals surface area (Å²) in [6.45, 7) is 0.669. The van der Waals surface area contributed by atoms with Crippen molar-refractivity contribution in [3.63, 3.8) is 0 Å². The van der Waals surface area contributed by atoms with Crippen molar-refractivity contribution in [2.24, 2.45) is 0 Å². The standard InChI is InChI=1S/C20H27ClN6S/c1-27(2)18-10-11-22-19(26-18)24-16-6-8-17(9-7-16)25-20(28)23-13-14-4-3-5-15(21)12-14/h3-5,10-12,16-17H,6-9,13H2,1-2H3,(H,22,24,26)(H2,23,25,28). The summed E-state index contributed by atoms with van der Waals surface area (Å²) in [7, 11) is 3.96. The smallest absolute Gasteiger partial charge is 0.224 e. The van der Waals surface area contributed by atoms with Crippen LogP contribution in [0.4, 0.5) is 11.8 Å². The predicted molar refractivity (Wildman–Crippen MR) is 120 cm³/mol. The van der Waals surface area contributed by atoms with E-state index in [1.54, 1.807) is 6.20 Å². The lowest BCUT2D eigenvalue weighted by Crippen LogP contribution is -2.44. The van der Waals surface area contributed by atoms with E-state index >= 15 is 0 Å². The van der Waals surface area contributed by atoms with E-state index in [1.165, 1.54) is 0 Å². The number of nitrogens with one attached hydrogen (secondary N) is 3. The maximum absolute atomic E-state index is 6.02. The minimum atomic E-state index is 0.392. The Morgan fingerprint density at radius 3 is 2.64 bits per heavy atom. The molecule has 1 fully saturated rings. The van der Waals surface area contributed by atoms with E-state index in [4.69, 9.17) is 23.8 Å². The molecular formula is C20H27ClN6S. The van der Waals surface area contributed by atoms with Crippen LogP contribution in [-0.2, 0) is 6.54 Å². The first kappa shape index (κ1) is 20.6. The molecule has 28 heavy (non-hydrogen) atoms. The highest BCUT2D eigenvalue weighted by Crippen LogP contribution is 2.21. The molecule has 8 heteroatoms. The van der Waals surface area contributed by atoms with Gasteiger partial charge in [-0.05, 0) is 61.7 Å².